The molecular formula is C13H16ClF2NO2. The average Bonchev–Trinajstić information content (AvgIpc) is 2.37. The van der Waals surface area contributed by atoms with Gasteiger partial charge in [0.15, 0.2) is 0 Å². The van der Waals surface area contributed by atoms with E-state index < -0.39 is 6.61 Å². The van der Waals surface area contributed by atoms with Gasteiger partial charge in [0.2, 0.25) is 0 Å². The number of hydrogen-bond acceptors (Lipinski definition) is 2. The fourth-order valence-corrected chi connectivity index (χ4v) is 1.88. The lowest BCUT2D eigenvalue weighted by atomic mass is 10.2. The minimum Gasteiger partial charge on any atom is -0.435 e. The summed E-state index contributed by atoms with van der Waals surface area (Å²) in [5.41, 5.74) is 0.316. The molecule has 3 nitrogen and oxygen atoms in total. The molecule has 0 unspecified atom stereocenters. The quantitative estimate of drug-likeness (QED) is 0.721. The average molecular weight is 292 g/mol. The van der Waals surface area contributed by atoms with E-state index in [0.29, 0.717) is 24.5 Å². The predicted octanol–water partition coefficient (Wildman–Crippen LogP) is 3.38. The van der Waals surface area contributed by atoms with Crippen molar-refractivity contribution in [3.8, 4) is 5.75 Å². The number of amides is 1. The topological polar surface area (TPSA) is 29.5 Å². The van der Waals surface area contributed by atoms with E-state index in [1.165, 1.54) is 18.2 Å². The van der Waals surface area contributed by atoms with Crippen LogP contribution >= 0.6 is 11.6 Å². The van der Waals surface area contributed by atoms with Crippen molar-refractivity contribution in [1.82, 2.24) is 4.90 Å². The molecule has 0 fully saturated rings. The lowest BCUT2D eigenvalue weighted by molar-refractivity contribution is -0.0499. The van der Waals surface area contributed by atoms with Crippen molar-refractivity contribution in [2.45, 2.75) is 20.0 Å². The number of halogens is 3. The van der Waals surface area contributed by atoms with Gasteiger partial charge in [-0.15, -0.1) is 11.6 Å². The van der Waals surface area contributed by atoms with Crippen LogP contribution in [0.2, 0.25) is 0 Å². The number of nitrogens with zero attached hydrogens (tertiary/aromatic N) is 1. The fourth-order valence-electron chi connectivity index (χ4n) is 1.67. The Balaban J connectivity index is 2.84. The van der Waals surface area contributed by atoms with Gasteiger partial charge in [0, 0.05) is 24.5 Å². The van der Waals surface area contributed by atoms with E-state index in [1.807, 2.05) is 6.92 Å². The van der Waals surface area contributed by atoms with Crippen molar-refractivity contribution in [3.05, 3.63) is 29.8 Å². The fraction of sp³-hybridized carbons (Fsp3) is 0.462. The third-order valence-electron chi connectivity index (χ3n) is 2.44. The second-order valence-electron chi connectivity index (χ2n) is 3.89. The van der Waals surface area contributed by atoms with Gasteiger partial charge in [0.05, 0.1) is 0 Å². The monoisotopic (exact) mass is 291 g/mol. The molecule has 19 heavy (non-hydrogen) atoms. The molecule has 0 saturated heterocycles. The first kappa shape index (κ1) is 15.7. The van der Waals surface area contributed by atoms with Crippen LogP contribution in [0, 0.1) is 0 Å². The summed E-state index contributed by atoms with van der Waals surface area (Å²) in [4.78, 5) is 13.8. The molecule has 0 aromatic heterocycles. The molecular weight excluding hydrogens is 276 g/mol. The van der Waals surface area contributed by atoms with E-state index in [-0.39, 0.29) is 11.7 Å². The maximum atomic E-state index is 12.2. The number of rotatable bonds is 7. The van der Waals surface area contributed by atoms with E-state index in [1.54, 1.807) is 11.0 Å². The summed E-state index contributed by atoms with van der Waals surface area (Å²) < 4.78 is 28.5. The molecule has 0 heterocycles. The summed E-state index contributed by atoms with van der Waals surface area (Å²) in [5.74, 6) is 0.0734. The Kier molecular flexibility index (Phi) is 6.56. The number of benzene rings is 1. The molecule has 0 aliphatic heterocycles. The molecule has 1 aromatic rings. The molecule has 1 rings (SSSR count). The first-order chi connectivity index (χ1) is 9.08. The van der Waals surface area contributed by atoms with Gasteiger partial charge in [0.25, 0.3) is 5.91 Å². The first-order valence-electron chi connectivity index (χ1n) is 5.98. The normalized spacial score (nSPS) is 10.6. The molecule has 0 aliphatic rings. The van der Waals surface area contributed by atoms with E-state index >= 15 is 0 Å². The second-order valence-corrected chi connectivity index (χ2v) is 4.27. The minimum absolute atomic E-state index is 0.0248. The Labute approximate surface area is 116 Å². The molecule has 0 radical (unpaired) electrons. The van der Waals surface area contributed by atoms with Crippen LogP contribution in [0.1, 0.15) is 23.7 Å². The van der Waals surface area contributed by atoms with Crippen molar-refractivity contribution in [1.29, 1.82) is 0 Å². The van der Waals surface area contributed by atoms with Gasteiger partial charge in [-0.3, -0.25) is 4.79 Å². The molecule has 0 bridgehead atoms. The Bertz CT molecular complexity index is 409. The highest BCUT2D eigenvalue weighted by molar-refractivity contribution is 6.18. The number of ether oxygens (including phenoxy) is 1. The third kappa shape index (κ3) is 5.03. The van der Waals surface area contributed by atoms with Crippen LogP contribution in [0.3, 0.4) is 0 Å². The Hall–Kier alpha value is -1.36. The Morgan fingerprint density at radius 1 is 1.42 bits per heavy atom. The van der Waals surface area contributed by atoms with Crippen molar-refractivity contribution < 1.29 is 18.3 Å². The minimum atomic E-state index is -2.90. The standard InChI is InChI=1S/C13H16ClF2NO2/c1-2-7-17(8-6-14)12(18)10-4-3-5-11(9-10)19-13(15)16/h3-5,9,13H,2,6-8H2,1H3. The van der Waals surface area contributed by atoms with Crippen molar-refractivity contribution in [3.63, 3.8) is 0 Å². The van der Waals surface area contributed by atoms with E-state index in [4.69, 9.17) is 11.6 Å². The first-order valence-corrected chi connectivity index (χ1v) is 6.52. The molecule has 0 aliphatic carbocycles. The van der Waals surface area contributed by atoms with Gasteiger partial charge >= 0.3 is 6.61 Å². The molecule has 1 aromatic carbocycles. The highest BCUT2D eigenvalue weighted by Crippen LogP contribution is 2.17. The third-order valence-corrected chi connectivity index (χ3v) is 2.61. The van der Waals surface area contributed by atoms with Crippen LogP contribution in [0.25, 0.3) is 0 Å². The SMILES string of the molecule is CCCN(CCCl)C(=O)c1cccc(OC(F)F)c1. The van der Waals surface area contributed by atoms with Crippen molar-refractivity contribution in [2.24, 2.45) is 0 Å². The van der Waals surface area contributed by atoms with Crippen LogP contribution in [-0.4, -0.2) is 36.4 Å². The predicted molar refractivity (Wildman–Crippen MR) is 70.0 cm³/mol. The van der Waals surface area contributed by atoms with Gasteiger partial charge < -0.3 is 9.64 Å². The van der Waals surface area contributed by atoms with Gasteiger partial charge in [-0.1, -0.05) is 13.0 Å². The summed E-state index contributed by atoms with van der Waals surface area (Å²) in [6, 6.07) is 5.77. The zero-order valence-electron chi connectivity index (χ0n) is 10.6. The highest BCUT2D eigenvalue weighted by Gasteiger charge is 2.15. The summed E-state index contributed by atoms with van der Waals surface area (Å²) in [6.45, 7) is 0.0461. The number of carbonyl (C=O) groups excluding carboxylic acids is 1. The van der Waals surface area contributed by atoms with Gasteiger partial charge in [-0.05, 0) is 24.6 Å². The molecule has 0 atom stereocenters. The second kappa shape index (κ2) is 7.94. The number of carbonyl (C=O) groups is 1. The maximum Gasteiger partial charge on any atom is 0.387 e. The zero-order chi connectivity index (χ0) is 14.3. The molecule has 6 heteroatoms. The van der Waals surface area contributed by atoms with Gasteiger partial charge in [-0.25, -0.2) is 0 Å². The van der Waals surface area contributed by atoms with Crippen LogP contribution < -0.4 is 4.74 Å². The van der Waals surface area contributed by atoms with Crippen LogP contribution in [0.5, 0.6) is 5.75 Å². The van der Waals surface area contributed by atoms with E-state index in [9.17, 15) is 13.6 Å². The lowest BCUT2D eigenvalue weighted by Gasteiger charge is -2.21. The summed E-state index contributed by atoms with van der Waals surface area (Å²) >= 11 is 5.65. The maximum absolute atomic E-state index is 12.2. The molecule has 0 saturated carbocycles. The highest BCUT2D eigenvalue weighted by atomic mass is 35.5. The van der Waals surface area contributed by atoms with Crippen LogP contribution in [0.4, 0.5) is 8.78 Å². The molecule has 0 N–H and O–H groups in total. The van der Waals surface area contributed by atoms with Gasteiger partial charge in [-0.2, -0.15) is 8.78 Å². The molecule has 1 amide bonds. The Morgan fingerprint density at radius 3 is 2.74 bits per heavy atom. The lowest BCUT2D eigenvalue weighted by Crippen LogP contribution is -2.33. The Morgan fingerprint density at radius 2 is 2.16 bits per heavy atom. The van der Waals surface area contributed by atoms with Crippen LogP contribution in [-0.2, 0) is 0 Å². The zero-order valence-corrected chi connectivity index (χ0v) is 11.4. The van der Waals surface area contributed by atoms with Gasteiger partial charge in [0.1, 0.15) is 5.75 Å². The van der Waals surface area contributed by atoms with Crippen molar-refractivity contribution >= 4 is 17.5 Å². The molecule has 0 spiro atoms. The van der Waals surface area contributed by atoms with Crippen molar-refractivity contribution in [2.75, 3.05) is 19.0 Å². The largest absolute Gasteiger partial charge is 0.435 e. The van der Waals surface area contributed by atoms with E-state index in [2.05, 4.69) is 4.74 Å². The summed E-state index contributed by atoms with van der Waals surface area (Å²) in [5, 5.41) is 0. The number of alkyl halides is 3. The number of hydrogen-bond donors (Lipinski definition) is 0. The van der Waals surface area contributed by atoms with Crippen LogP contribution in [0.15, 0.2) is 24.3 Å². The summed E-state index contributed by atoms with van der Waals surface area (Å²) in [7, 11) is 0. The molecule has 106 valence electrons. The smallest absolute Gasteiger partial charge is 0.387 e. The summed E-state index contributed by atoms with van der Waals surface area (Å²) in [6.07, 6.45) is 0.801. The van der Waals surface area contributed by atoms with E-state index in [0.717, 1.165) is 6.42 Å².